The molecule has 0 aliphatic carbocycles. The maximum Gasteiger partial charge on any atom is 0.387 e. The summed E-state index contributed by atoms with van der Waals surface area (Å²) in [5, 5.41) is 12.8. The Morgan fingerprint density at radius 3 is 2.73 bits per heavy atom. The minimum Gasteiger partial charge on any atom is -0.497 e. The van der Waals surface area contributed by atoms with Crippen LogP contribution in [0.15, 0.2) is 53.3 Å². The standard InChI is InChI=1S/C21H18F2N6O4/c1-31-14-5-2-12(3-6-14)15-10-13(4-7-16(15)32-21(22)23)26-17(30)8-9-18-27-20(29-33-18)19-24-11-25-28-19/h2-7,10-11,21H,8-9H2,1H3,(H,26,30)(H,24,25,28). The molecule has 1 amide bonds. The van der Waals surface area contributed by atoms with E-state index in [4.69, 9.17) is 9.26 Å². The molecule has 0 saturated carbocycles. The summed E-state index contributed by atoms with van der Waals surface area (Å²) in [4.78, 5) is 20.5. The Morgan fingerprint density at radius 2 is 2.03 bits per heavy atom. The lowest BCUT2D eigenvalue weighted by atomic mass is 10.0. The molecule has 10 nitrogen and oxygen atoms in total. The van der Waals surface area contributed by atoms with Gasteiger partial charge in [-0.05, 0) is 35.9 Å². The summed E-state index contributed by atoms with van der Waals surface area (Å²) in [6.45, 7) is -2.99. The van der Waals surface area contributed by atoms with E-state index in [0.29, 0.717) is 28.4 Å². The van der Waals surface area contributed by atoms with Crippen molar-refractivity contribution in [3.8, 4) is 34.3 Å². The van der Waals surface area contributed by atoms with E-state index in [0.717, 1.165) is 0 Å². The molecule has 0 fully saturated rings. The molecule has 0 radical (unpaired) electrons. The quantitative estimate of drug-likeness (QED) is 0.390. The minimum atomic E-state index is -2.99. The van der Waals surface area contributed by atoms with Gasteiger partial charge in [0.2, 0.25) is 17.6 Å². The van der Waals surface area contributed by atoms with E-state index in [1.165, 1.54) is 25.6 Å². The Balaban J connectivity index is 1.45. The second-order valence-corrected chi connectivity index (χ2v) is 6.71. The Hall–Kier alpha value is -4.35. The molecule has 33 heavy (non-hydrogen) atoms. The van der Waals surface area contributed by atoms with Gasteiger partial charge in [0.25, 0.3) is 0 Å². The van der Waals surface area contributed by atoms with E-state index in [1.807, 2.05) is 0 Å². The number of nitrogens with zero attached hydrogens (tertiary/aromatic N) is 4. The van der Waals surface area contributed by atoms with E-state index in [2.05, 4.69) is 35.4 Å². The van der Waals surface area contributed by atoms with Gasteiger partial charge in [-0.15, -0.1) is 0 Å². The van der Waals surface area contributed by atoms with Crippen LogP contribution in [0.3, 0.4) is 0 Å². The van der Waals surface area contributed by atoms with Gasteiger partial charge in [0, 0.05) is 24.1 Å². The van der Waals surface area contributed by atoms with Crippen LogP contribution in [-0.2, 0) is 11.2 Å². The second-order valence-electron chi connectivity index (χ2n) is 6.71. The number of alkyl halides is 2. The van der Waals surface area contributed by atoms with Crippen LogP contribution in [0, 0.1) is 0 Å². The average Bonchev–Trinajstić information content (AvgIpc) is 3.50. The molecular weight excluding hydrogens is 438 g/mol. The van der Waals surface area contributed by atoms with Crippen LogP contribution >= 0.6 is 0 Å². The molecule has 0 aliphatic rings. The fourth-order valence-corrected chi connectivity index (χ4v) is 3.01. The van der Waals surface area contributed by atoms with Crippen molar-refractivity contribution in [1.82, 2.24) is 25.3 Å². The third kappa shape index (κ3) is 5.47. The highest BCUT2D eigenvalue weighted by atomic mass is 19.3. The number of methoxy groups -OCH3 is 1. The topological polar surface area (TPSA) is 128 Å². The lowest BCUT2D eigenvalue weighted by Crippen LogP contribution is -2.12. The third-order valence-electron chi connectivity index (χ3n) is 4.54. The summed E-state index contributed by atoms with van der Waals surface area (Å²) in [5.41, 5.74) is 1.43. The number of halogens is 2. The monoisotopic (exact) mass is 456 g/mol. The van der Waals surface area contributed by atoms with Crippen LogP contribution in [0.4, 0.5) is 14.5 Å². The number of hydrogen-bond acceptors (Lipinski definition) is 8. The SMILES string of the molecule is COc1ccc(-c2cc(NC(=O)CCc3nc(-c4ncn[nH]4)no3)ccc2OC(F)F)cc1. The van der Waals surface area contributed by atoms with Crippen molar-refractivity contribution in [2.75, 3.05) is 12.4 Å². The van der Waals surface area contributed by atoms with Gasteiger partial charge in [-0.1, -0.05) is 17.3 Å². The van der Waals surface area contributed by atoms with Gasteiger partial charge in [0.05, 0.1) is 7.11 Å². The molecule has 0 atom stereocenters. The summed E-state index contributed by atoms with van der Waals surface area (Å²) in [5.74, 6) is 1.13. The van der Waals surface area contributed by atoms with Crippen molar-refractivity contribution < 1.29 is 27.6 Å². The summed E-state index contributed by atoms with van der Waals surface area (Å²) < 4.78 is 40.6. The van der Waals surface area contributed by atoms with Crippen LogP contribution < -0.4 is 14.8 Å². The Bertz CT molecular complexity index is 1210. The Kier molecular flexibility index (Phi) is 6.53. The summed E-state index contributed by atoms with van der Waals surface area (Å²) in [6.07, 6.45) is 1.58. The van der Waals surface area contributed by atoms with Gasteiger partial charge < -0.3 is 19.3 Å². The number of hydrogen-bond donors (Lipinski definition) is 2. The normalized spacial score (nSPS) is 10.9. The number of carbonyl (C=O) groups is 1. The number of ether oxygens (including phenoxy) is 2. The van der Waals surface area contributed by atoms with E-state index < -0.39 is 6.61 Å². The molecule has 0 saturated heterocycles. The van der Waals surface area contributed by atoms with Gasteiger partial charge in [0.15, 0.2) is 5.82 Å². The number of rotatable bonds is 9. The molecule has 4 aromatic rings. The van der Waals surface area contributed by atoms with Crippen molar-refractivity contribution in [3.63, 3.8) is 0 Å². The second kappa shape index (κ2) is 9.85. The fourth-order valence-electron chi connectivity index (χ4n) is 3.01. The molecule has 0 unspecified atom stereocenters. The highest BCUT2D eigenvalue weighted by molar-refractivity contribution is 5.92. The lowest BCUT2D eigenvalue weighted by Gasteiger charge is -2.14. The average molecular weight is 456 g/mol. The zero-order valence-electron chi connectivity index (χ0n) is 17.3. The number of nitrogens with one attached hydrogen (secondary N) is 2. The molecular formula is C21H18F2N6O4. The molecule has 0 spiro atoms. The van der Waals surface area contributed by atoms with Crippen molar-refractivity contribution in [2.45, 2.75) is 19.5 Å². The summed E-state index contributed by atoms with van der Waals surface area (Å²) in [7, 11) is 1.53. The maximum atomic E-state index is 12.9. The predicted molar refractivity (Wildman–Crippen MR) is 112 cm³/mol. The molecule has 170 valence electrons. The van der Waals surface area contributed by atoms with Gasteiger partial charge in [-0.2, -0.15) is 18.9 Å². The fraction of sp³-hybridized carbons (Fsp3) is 0.190. The Labute approximate surface area is 185 Å². The molecule has 2 aromatic heterocycles. The number of aryl methyl sites for hydroxylation is 1. The number of benzene rings is 2. The molecule has 2 aromatic carbocycles. The van der Waals surface area contributed by atoms with Crippen molar-refractivity contribution >= 4 is 11.6 Å². The Morgan fingerprint density at radius 1 is 1.21 bits per heavy atom. The number of aromatic amines is 1. The maximum absolute atomic E-state index is 12.9. The van der Waals surface area contributed by atoms with Gasteiger partial charge in [-0.25, -0.2) is 4.98 Å². The molecule has 12 heteroatoms. The van der Waals surface area contributed by atoms with Crippen LogP contribution in [0.1, 0.15) is 12.3 Å². The number of anilines is 1. The van der Waals surface area contributed by atoms with Gasteiger partial charge >= 0.3 is 6.61 Å². The smallest absolute Gasteiger partial charge is 0.387 e. The number of H-pyrrole nitrogens is 1. The van der Waals surface area contributed by atoms with Crippen LogP contribution in [-0.4, -0.2) is 45.0 Å². The zero-order chi connectivity index (χ0) is 23.2. The summed E-state index contributed by atoms with van der Waals surface area (Å²) >= 11 is 0. The van der Waals surface area contributed by atoms with Crippen LogP contribution in [0.2, 0.25) is 0 Å². The molecule has 2 N–H and O–H groups in total. The van der Waals surface area contributed by atoms with Gasteiger partial charge in [0.1, 0.15) is 17.8 Å². The first-order valence-corrected chi connectivity index (χ1v) is 9.73. The lowest BCUT2D eigenvalue weighted by molar-refractivity contribution is -0.116. The first kappa shape index (κ1) is 21.9. The number of amides is 1. The molecule has 4 rings (SSSR count). The van der Waals surface area contributed by atoms with Gasteiger partial charge in [-0.3, -0.25) is 9.89 Å². The minimum absolute atomic E-state index is 0.0148. The molecule has 2 heterocycles. The summed E-state index contributed by atoms with van der Waals surface area (Å²) in [6, 6.07) is 11.2. The number of aromatic nitrogens is 5. The van der Waals surface area contributed by atoms with E-state index in [9.17, 15) is 13.6 Å². The predicted octanol–water partition coefficient (Wildman–Crippen LogP) is 3.70. The van der Waals surface area contributed by atoms with Crippen molar-refractivity contribution in [1.29, 1.82) is 0 Å². The van der Waals surface area contributed by atoms with Crippen LogP contribution in [0.5, 0.6) is 11.5 Å². The zero-order valence-corrected chi connectivity index (χ0v) is 17.3. The van der Waals surface area contributed by atoms with Crippen molar-refractivity contribution in [3.05, 3.63) is 54.7 Å². The molecule has 0 aliphatic heterocycles. The van der Waals surface area contributed by atoms with E-state index in [1.54, 1.807) is 30.3 Å². The van der Waals surface area contributed by atoms with E-state index >= 15 is 0 Å². The first-order chi connectivity index (χ1) is 16.0. The third-order valence-corrected chi connectivity index (χ3v) is 4.54. The van der Waals surface area contributed by atoms with Crippen molar-refractivity contribution in [2.24, 2.45) is 0 Å². The molecule has 0 bridgehead atoms. The highest BCUT2D eigenvalue weighted by Gasteiger charge is 2.15. The highest BCUT2D eigenvalue weighted by Crippen LogP contribution is 2.34. The van der Waals surface area contributed by atoms with E-state index in [-0.39, 0.29) is 36.2 Å². The van der Waals surface area contributed by atoms with Crippen LogP contribution in [0.25, 0.3) is 22.8 Å². The number of carbonyl (C=O) groups excluding carboxylic acids is 1. The largest absolute Gasteiger partial charge is 0.497 e. The first-order valence-electron chi connectivity index (χ1n) is 9.73.